The summed E-state index contributed by atoms with van der Waals surface area (Å²) in [5.74, 6) is -1.23. The molecule has 1 fully saturated rings. The summed E-state index contributed by atoms with van der Waals surface area (Å²) in [6.07, 6.45) is -2.48. The standard InChI is InChI=1S/C16H18F3N5O3S/c17-16(18,19)11-9-22-15(23-10-4-3-7-21-8-10)24-14(11)27-12-5-1-2-6-13(12)28(20,25)26/h1-2,5-6,9-10,21H,3-4,7-8H2,(H2,20,25,26)(H,22,23,24). The summed E-state index contributed by atoms with van der Waals surface area (Å²) in [6.45, 7) is 1.49. The maximum absolute atomic E-state index is 13.3. The molecule has 3 rings (SSSR count). The largest absolute Gasteiger partial charge is 0.437 e. The summed E-state index contributed by atoms with van der Waals surface area (Å²) < 4.78 is 68.6. The van der Waals surface area contributed by atoms with Gasteiger partial charge in [-0.1, -0.05) is 12.1 Å². The molecule has 0 radical (unpaired) electrons. The fourth-order valence-electron chi connectivity index (χ4n) is 2.74. The van der Waals surface area contributed by atoms with Crippen molar-refractivity contribution in [3.63, 3.8) is 0 Å². The van der Waals surface area contributed by atoms with Crippen LogP contribution in [0, 0.1) is 0 Å². The molecule has 1 unspecified atom stereocenters. The molecule has 0 amide bonds. The fourth-order valence-corrected chi connectivity index (χ4v) is 3.40. The van der Waals surface area contributed by atoms with E-state index in [-0.39, 0.29) is 17.7 Å². The molecule has 12 heteroatoms. The number of aromatic nitrogens is 2. The molecule has 1 aromatic heterocycles. The molecule has 0 spiro atoms. The second-order valence-corrected chi connectivity index (χ2v) is 7.72. The van der Waals surface area contributed by atoms with Gasteiger partial charge in [0.2, 0.25) is 21.9 Å². The maximum Gasteiger partial charge on any atom is 0.423 e. The van der Waals surface area contributed by atoms with E-state index in [1.807, 2.05) is 0 Å². The third-order valence-corrected chi connectivity index (χ3v) is 5.00. The number of nitrogens with zero attached hydrogens (tertiary/aromatic N) is 2. The molecule has 1 aliphatic heterocycles. The first kappa shape index (κ1) is 20.3. The van der Waals surface area contributed by atoms with Gasteiger partial charge in [-0.3, -0.25) is 0 Å². The number of benzene rings is 1. The van der Waals surface area contributed by atoms with Crippen LogP contribution in [0.4, 0.5) is 19.1 Å². The Morgan fingerprint density at radius 3 is 2.68 bits per heavy atom. The van der Waals surface area contributed by atoms with Gasteiger partial charge in [-0.15, -0.1) is 0 Å². The zero-order valence-electron chi connectivity index (χ0n) is 14.5. The number of ether oxygens (including phenoxy) is 1. The van der Waals surface area contributed by atoms with Gasteiger partial charge in [0.05, 0.1) is 0 Å². The molecule has 1 saturated heterocycles. The van der Waals surface area contributed by atoms with Crippen molar-refractivity contribution in [2.24, 2.45) is 5.14 Å². The van der Waals surface area contributed by atoms with Crippen LogP contribution >= 0.6 is 0 Å². The van der Waals surface area contributed by atoms with Crippen LogP contribution in [0.2, 0.25) is 0 Å². The van der Waals surface area contributed by atoms with Crippen LogP contribution in [0.25, 0.3) is 0 Å². The first-order valence-corrected chi connectivity index (χ1v) is 9.90. The van der Waals surface area contributed by atoms with Crippen LogP contribution in [0.1, 0.15) is 18.4 Å². The number of nitrogens with two attached hydrogens (primary N) is 1. The zero-order valence-corrected chi connectivity index (χ0v) is 15.3. The zero-order chi connectivity index (χ0) is 20.4. The molecule has 28 heavy (non-hydrogen) atoms. The number of sulfonamides is 1. The molecular formula is C16H18F3N5O3S. The van der Waals surface area contributed by atoms with Crippen molar-refractivity contribution in [3.05, 3.63) is 36.0 Å². The second-order valence-electron chi connectivity index (χ2n) is 6.19. The Hall–Kier alpha value is -2.44. The number of halogens is 3. The molecule has 0 aliphatic carbocycles. The lowest BCUT2D eigenvalue weighted by atomic mass is 10.1. The predicted octanol–water partition coefficient (Wildman–Crippen LogP) is 2.10. The van der Waals surface area contributed by atoms with Gasteiger partial charge in [0, 0.05) is 18.8 Å². The highest BCUT2D eigenvalue weighted by Crippen LogP contribution is 2.38. The topological polar surface area (TPSA) is 119 Å². The molecule has 8 nitrogen and oxygen atoms in total. The van der Waals surface area contributed by atoms with Crippen molar-refractivity contribution in [2.75, 3.05) is 18.4 Å². The Morgan fingerprint density at radius 2 is 2.04 bits per heavy atom. The first-order chi connectivity index (χ1) is 13.1. The smallest absolute Gasteiger partial charge is 0.423 e. The Kier molecular flexibility index (Phi) is 5.72. The lowest BCUT2D eigenvalue weighted by Crippen LogP contribution is -2.38. The number of piperidine rings is 1. The Balaban J connectivity index is 1.97. The van der Waals surface area contributed by atoms with Crippen LogP contribution in [-0.4, -0.2) is 37.5 Å². The van der Waals surface area contributed by atoms with Gasteiger partial charge in [0.15, 0.2) is 0 Å². The van der Waals surface area contributed by atoms with Crippen molar-refractivity contribution in [1.82, 2.24) is 15.3 Å². The molecule has 2 heterocycles. The summed E-state index contributed by atoms with van der Waals surface area (Å²) in [7, 11) is -4.21. The van der Waals surface area contributed by atoms with Gasteiger partial charge in [-0.25, -0.2) is 18.5 Å². The van der Waals surface area contributed by atoms with Gasteiger partial charge in [0.25, 0.3) is 0 Å². The second kappa shape index (κ2) is 7.89. The number of hydrogen-bond donors (Lipinski definition) is 3. The molecule has 1 aromatic carbocycles. The summed E-state index contributed by atoms with van der Waals surface area (Å²) in [4.78, 5) is 7.09. The lowest BCUT2D eigenvalue weighted by molar-refractivity contribution is -0.139. The summed E-state index contributed by atoms with van der Waals surface area (Å²) in [5.41, 5.74) is -1.23. The Morgan fingerprint density at radius 1 is 1.29 bits per heavy atom. The van der Waals surface area contributed by atoms with Gasteiger partial charge in [0.1, 0.15) is 16.2 Å². The van der Waals surface area contributed by atoms with E-state index in [0.29, 0.717) is 12.7 Å². The highest BCUT2D eigenvalue weighted by atomic mass is 32.2. The van der Waals surface area contributed by atoms with Crippen molar-refractivity contribution in [2.45, 2.75) is 30.0 Å². The summed E-state index contributed by atoms with van der Waals surface area (Å²) in [5, 5.41) is 11.2. The third-order valence-electron chi connectivity index (χ3n) is 4.05. The minimum Gasteiger partial charge on any atom is -0.437 e. The van der Waals surface area contributed by atoms with Gasteiger partial charge in [-0.05, 0) is 31.5 Å². The van der Waals surface area contributed by atoms with Crippen LogP contribution in [0.15, 0.2) is 35.4 Å². The average molecular weight is 417 g/mol. The quantitative estimate of drug-likeness (QED) is 0.682. The maximum atomic E-state index is 13.3. The van der Waals surface area contributed by atoms with E-state index in [2.05, 4.69) is 20.6 Å². The summed E-state index contributed by atoms with van der Waals surface area (Å²) in [6, 6.07) is 5.06. The number of nitrogens with one attached hydrogen (secondary N) is 2. The first-order valence-electron chi connectivity index (χ1n) is 8.36. The van der Waals surface area contributed by atoms with Crippen LogP contribution < -0.4 is 20.5 Å². The average Bonchev–Trinajstić information content (AvgIpc) is 2.61. The van der Waals surface area contributed by atoms with E-state index < -0.39 is 32.5 Å². The van der Waals surface area contributed by atoms with Gasteiger partial charge >= 0.3 is 6.18 Å². The normalized spacial score (nSPS) is 17.9. The van der Waals surface area contributed by atoms with E-state index in [9.17, 15) is 21.6 Å². The van der Waals surface area contributed by atoms with Crippen LogP contribution in [0.3, 0.4) is 0 Å². The SMILES string of the molecule is NS(=O)(=O)c1ccccc1Oc1nc(NC2CCCNC2)ncc1C(F)(F)F. The Labute approximate surface area is 159 Å². The third kappa shape index (κ3) is 4.88. The minimum atomic E-state index is -4.79. The number of hydrogen-bond acceptors (Lipinski definition) is 7. The predicted molar refractivity (Wildman–Crippen MR) is 94.4 cm³/mol. The van der Waals surface area contributed by atoms with Crippen LogP contribution in [-0.2, 0) is 16.2 Å². The van der Waals surface area contributed by atoms with Crippen LogP contribution in [0.5, 0.6) is 11.6 Å². The van der Waals surface area contributed by atoms with Crippen molar-refractivity contribution < 1.29 is 26.3 Å². The minimum absolute atomic E-state index is 0.0463. The molecule has 4 N–H and O–H groups in total. The number of primary sulfonamides is 1. The molecule has 0 bridgehead atoms. The van der Waals surface area contributed by atoms with E-state index in [1.165, 1.54) is 18.2 Å². The van der Waals surface area contributed by atoms with Crippen molar-refractivity contribution in [1.29, 1.82) is 0 Å². The number of rotatable bonds is 5. The fraction of sp³-hybridized carbons (Fsp3) is 0.375. The van der Waals surface area contributed by atoms with E-state index in [1.54, 1.807) is 0 Å². The van der Waals surface area contributed by atoms with E-state index in [0.717, 1.165) is 25.5 Å². The molecule has 1 aliphatic rings. The lowest BCUT2D eigenvalue weighted by Gasteiger charge is -2.24. The summed E-state index contributed by atoms with van der Waals surface area (Å²) >= 11 is 0. The number of para-hydroxylation sites is 1. The van der Waals surface area contributed by atoms with E-state index >= 15 is 0 Å². The number of anilines is 1. The highest BCUT2D eigenvalue weighted by molar-refractivity contribution is 7.89. The molecular weight excluding hydrogens is 399 g/mol. The highest BCUT2D eigenvalue weighted by Gasteiger charge is 2.37. The molecule has 2 aromatic rings. The number of alkyl halides is 3. The van der Waals surface area contributed by atoms with E-state index in [4.69, 9.17) is 9.88 Å². The Bertz CT molecular complexity index is 947. The molecule has 1 atom stereocenters. The monoisotopic (exact) mass is 417 g/mol. The van der Waals surface area contributed by atoms with Gasteiger partial charge < -0.3 is 15.4 Å². The van der Waals surface area contributed by atoms with Crippen molar-refractivity contribution >= 4 is 16.0 Å². The van der Waals surface area contributed by atoms with Gasteiger partial charge in [-0.2, -0.15) is 18.2 Å². The van der Waals surface area contributed by atoms with Crippen molar-refractivity contribution in [3.8, 4) is 11.6 Å². The molecule has 152 valence electrons. The molecule has 0 saturated carbocycles.